The van der Waals surface area contributed by atoms with Crippen molar-refractivity contribution in [2.45, 2.75) is 13.3 Å². The molecule has 2 aromatic rings. The highest BCUT2D eigenvalue weighted by Gasteiger charge is 2.14. The maximum atomic E-state index is 11.9. The third-order valence-electron chi connectivity index (χ3n) is 2.31. The molecule has 0 unspecified atom stereocenters. The highest BCUT2D eigenvalue weighted by Crippen LogP contribution is 2.25. The first-order chi connectivity index (χ1) is 8.24. The van der Waals surface area contributed by atoms with Gasteiger partial charge in [0.25, 0.3) is 5.91 Å². The van der Waals surface area contributed by atoms with Gasteiger partial charge in [-0.15, -0.1) is 11.3 Å². The summed E-state index contributed by atoms with van der Waals surface area (Å²) in [5.74, 6) is 0.909. The predicted molar refractivity (Wildman–Crippen MR) is 66.8 cm³/mol. The largest absolute Gasteiger partial charge is 0.495 e. The molecular weight excluding hydrogens is 238 g/mol. The van der Waals surface area contributed by atoms with Crippen molar-refractivity contribution >= 4 is 23.1 Å². The lowest BCUT2D eigenvalue weighted by molar-refractivity contribution is 0.102. The van der Waals surface area contributed by atoms with Crippen LogP contribution in [0, 0.1) is 0 Å². The Labute approximate surface area is 103 Å². The molecule has 0 atom stereocenters. The highest BCUT2D eigenvalue weighted by molar-refractivity contribution is 7.12. The fraction of sp³-hybridized carbons (Fsp3) is 0.273. The molecular formula is C11H13N3O2S. The zero-order valence-corrected chi connectivity index (χ0v) is 10.4. The van der Waals surface area contributed by atoms with E-state index in [0.717, 1.165) is 12.1 Å². The Morgan fingerprint density at radius 2 is 2.47 bits per heavy atom. The number of hydrogen-bond acceptors (Lipinski definition) is 4. The summed E-state index contributed by atoms with van der Waals surface area (Å²) in [5.41, 5.74) is 0.985. The molecule has 0 aliphatic rings. The molecule has 0 aromatic carbocycles. The Balaban J connectivity index is 2.11. The van der Waals surface area contributed by atoms with Crippen molar-refractivity contribution in [2.75, 3.05) is 12.4 Å². The normalized spacial score (nSPS) is 10.2. The number of amides is 1. The lowest BCUT2D eigenvalue weighted by Gasteiger charge is -2.01. The van der Waals surface area contributed by atoms with Crippen LogP contribution in [0.25, 0.3) is 0 Å². The zero-order chi connectivity index (χ0) is 12.3. The Hall–Kier alpha value is -1.82. The molecule has 0 saturated heterocycles. The minimum atomic E-state index is -0.203. The third kappa shape index (κ3) is 2.47. The number of nitrogens with zero attached hydrogens (tertiary/aromatic N) is 1. The molecule has 5 nitrogen and oxygen atoms in total. The van der Waals surface area contributed by atoms with Gasteiger partial charge in [0.1, 0.15) is 10.6 Å². The van der Waals surface area contributed by atoms with Crippen LogP contribution < -0.4 is 10.1 Å². The summed E-state index contributed by atoms with van der Waals surface area (Å²) in [6, 6.07) is 3.58. The van der Waals surface area contributed by atoms with Crippen LogP contribution in [-0.4, -0.2) is 23.2 Å². The number of anilines is 1. The summed E-state index contributed by atoms with van der Waals surface area (Å²) in [7, 11) is 1.54. The zero-order valence-electron chi connectivity index (χ0n) is 9.61. The van der Waals surface area contributed by atoms with Gasteiger partial charge in [0.2, 0.25) is 0 Å². The van der Waals surface area contributed by atoms with Crippen LogP contribution in [-0.2, 0) is 6.42 Å². The molecule has 0 bridgehead atoms. The van der Waals surface area contributed by atoms with E-state index in [0.29, 0.717) is 16.4 Å². The minimum absolute atomic E-state index is 0.203. The summed E-state index contributed by atoms with van der Waals surface area (Å²) in [6.45, 7) is 2.02. The average molecular weight is 251 g/mol. The molecule has 2 N–H and O–H groups in total. The van der Waals surface area contributed by atoms with Crippen molar-refractivity contribution in [3.8, 4) is 5.75 Å². The predicted octanol–water partition coefficient (Wildman–Crippen LogP) is 2.29. The summed E-state index contributed by atoms with van der Waals surface area (Å²) >= 11 is 1.34. The van der Waals surface area contributed by atoms with Gasteiger partial charge in [-0.05, 0) is 17.9 Å². The minimum Gasteiger partial charge on any atom is -0.495 e. The van der Waals surface area contributed by atoms with Crippen molar-refractivity contribution in [1.82, 2.24) is 10.2 Å². The number of carbonyl (C=O) groups is 1. The van der Waals surface area contributed by atoms with E-state index in [1.54, 1.807) is 13.2 Å². The summed E-state index contributed by atoms with van der Waals surface area (Å²) in [6.07, 6.45) is 0.852. The number of rotatable bonds is 4. The molecule has 0 radical (unpaired) electrons. The van der Waals surface area contributed by atoms with Crippen LogP contribution in [0.2, 0.25) is 0 Å². The standard InChI is InChI=1S/C11H13N3O2S/c1-3-7-6-9(14-13-7)12-11(15)10-8(16-2)4-5-17-10/h4-6H,3H2,1-2H3,(H2,12,13,14,15). The number of ether oxygens (including phenoxy) is 1. The number of H-pyrrole nitrogens is 1. The van der Waals surface area contributed by atoms with Crippen LogP contribution in [0.3, 0.4) is 0 Å². The first-order valence-corrected chi connectivity index (χ1v) is 6.09. The SMILES string of the molecule is CCc1cc(NC(=O)c2sccc2OC)n[nH]1. The Bertz CT molecular complexity index is 518. The Morgan fingerprint density at radius 3 is 3.12 bits per heavy atom. The first-order valence-electron chi connectivity index (χ1n) is 5.21. The van der Waals surface area contributed by atoms with Gasteiger partial charge < -0.3 is 10.1 Å². The molecule has 90 valence electrons. The second kappa shape index (κ2) is 5.01. The second-order valence-corrected chi connectivity index (χ2v) is 4.32. The van der Waals surface area contributed by atoms with Crippen LogP contribution in [0.4, 0.5) is 5.82 Å². The monoisotopic (exact) mass is 251 g/mol. The van der Waals surface area contributed by atoms with Crippen LogP contribution in [0.1, 0.15) is 22.3 Å². The lowest BCUT2D eigenvalue weighted by Crippen LogP contribution is -2.11. The molecule has 2 aromatic heterocycles. The van der Waals surface area contributed by atoms with Gasteiger partial charge in [-0.25, -0.2) is 0 Å². The van der Waals surface area contributed by atoms with E-state index >= 15 is 0 Å². The van der Waals surface area contributed by atoms with E-state index in [2.05, 4.69) is 15.5 Å². The van der Waals surface area contributed by atoms with Crippen LogP contribution in [0.5, 0.6) is 5.75 Å². The number of aryl methyl sites for hydroxylation is 1. The summed E-state index contributed by atoms with van der Waals surface area (Å²) < 4.78 is 5.09. The lowest BCUT2D eigenvalue weighted by atomic mass is 10.3. The molecule has 2 heterocycles. The van der Waals surface area contributed by atoms with E-state index < -0.39 is 0 Å². The molecule has 0 fully saturated rings. The average Bonchev–Trinajstić information content (AvgIpc) is 2.96. The number of hydrogen-bond donors (Lipinski definition) is 2. The van der Waals surface area contributed by atoms with Crippen molar-refractivity contribution in [3.63, 3.8) is 0 Å². The molecule has 0 saturated carbocycles. The van der Waals surface area contributed by atoms with E-state index in [-0.39, 0.29) is 5.91 Å². The first kappa shape index (κ1) is 11.7. The van der Waals surface area contributed by atoms with Crippen molar-refractivity contribution in [2.24, 2.45) is 0 Å². The highest BCUT2D eigenvalue weighted by atomic mass is 32.1. The molecule has 0 aliphatic heterocycles. The topological polar surface area (TPSA) is 67.0 Å². The van der Waals surface area contributed by atoms with Gasteiger partial charge >= 0.3 is 0 Å². The number of aromatic amines is 1. The van der Waals surface area contributed by atoms with Crippen molar-refractivity contribution in [3.05, 3.63) is 28.1 Å². The quantitative estimate of drug-likeness (QED) is 0.876. The fourth-order valence-electron chi connectivity index (χ4n) is 1.40. The fourth-order valence-corrected chi connectivity index (χ4v) is 2.16. The van der Waals surface area contributed by atoms with Gasteiger partial charge in [0.05, 0.1) is 7.11 Å². The summed E-state index contributed by atoms with van der Waals surface area (Å²) in [5, 5.41) is 11.4. The van der Waals surface area contributed by atoms with Gasteiger partial charge in [-0.2, -0.15) is 5.10 Å². The second-order valence-electron chi connectivity index (χ2n) is 3.40. The molecule has 2 rings (SSSR count). The van der Waals surface area contributed by atoms with E-state index in [4.69, 9.17) is 4.74 Å². The number of nitrogens with one attached hydrogen (secondary N) is 2. The number of carbonyl (C=O) groups excluding carboxylic acids is 1. The van der Waals surface area contributed by atoms with Gasteiger partial charge in [-0.3, -0.25) is 9.89 Å². The number of aromatic nitrogens is 2. The molecule has 6 heteroatoms. The van der Waals surface area contributed by atoms with E-state index in [1.165, 1.54) is 11.3 Å². The van der Waals surface area contributed by atoms with Gasteiger partial charge in [-0.1, -0.05) is 6.92 Å². The summed E-state index contributed by atoms with van der Waals surface area (Å²) in [4.78, 5) is 12.5. The van der Waals surface area contributed by atoms with Crippen molar-refractivity contribution < 1.29 is 9.53 Å². The molecule has 0 spiro atoms. The van der Waals surface area contributed by atoms with Crippen LogP contribution >= 0.6 is 11.3 Å². The van der Waals surface area contributed by atoms with E-state index in [1.807, 2.05) is 18.4 Å². The maximum absolute atomic E-state index is 11.9. The smallest absolute Gasteiger partial charge is 0.270 e. The van der Waals surface area contributed by atoms with E-state index in [9.17, 15) is 4.79 Å². The number of thiophene rings is 1. The molecule has 17 heavy (non-hydrogen) atoms. The third-order valence-corrected chi connectivity index (χ3v) is 3.20. The Morgan fingerprint density at radius 1 is 1.65 bits per heavy atom. The molecule has 0 aliphatic carbocycles. The number of methoxy groups -OCH3 is 1. The maximum Gasteiger partial charge on any atom is 0.270 e. The Kier molecular flexibility index (Phi) is 3.43. The van der Waals surface area contributed by atoms with Crippen LogP contribution in [0.15, 0.2) is 17.5 Å². The van der Waals surface area contributed by atoms with Crippen molar-refractivity contribution in [1.29, 1.82) is 0 Å². The molecule has 1 amide bonds. The van der Waals surface area contributed by atoms with Gasteiger partial charge in [0, 0.05) is 11.8 Å². The van der Waals surface area contributed by atoms with Gasteiger partial charge in [0.15, 0.2) is 5.82 Å².